The monoisotopic (exact) mass is 349 g/mol. The van der Waals surface area contributed by atoms with Crippen LogP contribution in [-0.2, 0) is 12.6 Å². The van der Waals surface area contributed by atoms with Gasteiger partial charge in [0.05, 0.1) is 5.56 Å². The van der Waals surface area contributed by atoms with E-state index in [-0.39, 0.29) is 5.56 Å². The van der Waals surface area contributed by atoms with Crippen LogP contribution in [0.25, 0.3) is 5.78 Å². The molecule has 0 saturated heterocycles. The Hall–Kier alpha value is -2.97. The van der Waals surface area contributed by atoms with Crippen molar-refractivity contribution in [2.24, 2.45) is 0 Å². The molecule has 130 valence electrons. The van der Waals surface area contributed by atoms with E-state index >= 15 is 0 Å². The molecule has 25 heavy (non-hydrogen) atoms. The van der Waals surface area contributed by atoms with Gasteiger partial charge < -0.3 is 5.32 Å². The molecule has 0 aliphatic rings. The highest BCUT2D eigenvalue weighted by Crippen LogP contribution is 2.29. The SMILES string of the molecule is O=C(NCCCc1cnc2ncnn2c1)c1ccc(C(F)(F)F)cc1. The third kappa shape index (κ3) is 4.11. The number of fused-ring (bicyclic) bond motifs is 1. The highest BCUT2D eigenvalue weighted by Gasteiger charge is 2.30. The average molecular weight is 349 g/mol. The largest absolute Gasteiger partial charge is 0.416 e. The third-order valence-corrected chi connectivity index (χ3v) is 3.59. The molecule has 0 saturated carbocycles. The van der Waals surface area contributed by atoms with Crippen LogP contribution in [0.2, 0.25) is 0 Å². The first-order valence-electron chi connectivity index (χ1n) is 7.53. The number of nitrogens with zero attached hydrogens (tertiary/aromatic N) is 4. The molecule has 0 atom stereocenters. The molecule has 2 aromatic heterocycles. The number of nitrogens with one attached hydrogen (secondary N) is 1. The van der Waals surface area contributed by atoms with Crippen LogP contribution in [0.4, 0.5) is 13.2 Å². The predicted molar refractivity (Wildman–Crippen MR) is 82.9 cm³/mol. The van der Waals surface area contributed by atoms with Crippen LogP contribution < -0.4 is 5.32 Å². The normalized spacial score (nSPS) is 11.6. The summed E-state index contributed by atoms with van der Waals surface area (Å²) in [6.07, 6.45) is 1.85. The van der Waals surface area contributed by atoms with Crippen LogP contribution in [0.1, 0.15) is 27.9 Å². The number of halogens is 3. The average Bonchev–Trinajstić information content (AvgIpc) is 3.05. The first kappa shape index (κ1) is 16.9. The van der Waals surface area contributed by atoms with Gasteiger partial charge in [-0.25, -0.2) is 9.50 Å². The summed E-state index contributed by atoms with van der Waals surface area (Å²) in [5.41, 5.74) is 0.362. The molecule has 3 aromatic rings. The van der Waals surface area contributed by atoms with Crippen LogP contribution in [-0.4, -0.2) is 32.0 Å². The van der Waals surface area contributed by atoms with Crippen molar-refractivity contribution in [2.75, 3.05) is 6.54 Å². The number of amides is 1. The molecule has 6 nitrogen and oxygen atoms in total. The van der Waals surface area contributed by atoms with Crippen molar-refractivity contribution < 1.29 is 18.0 Å². The fourth-order valence-corrected chi connectivity index (χ4v) is 2.29. The number of carbonyl (C=O) groups excluding carboxylic acids is 1. The Morgan fingerprint density at radius 1 is 1.16 bits per heavy atom. The molecule has 0 radical (unpaired) electrons. The molecule has 0 aliphatic heterocycles. The highest BCUT2D eigenvalue weighted by molar-refractivity contribution is 5.94. The van der Waals surface area contributed by atoms with Gasteiger partial charge in [0.1, 0.15) is 6.33 Å². The van der Waals surface area contributed by atoms with E-state index in [0.29, 0.717) is 25.2 Å². The van der Waals surface area contributed by atoms with Crippen molar-refractivity contribution in [1.29, 1.82) is 0 Å². The minimum atomic E-state index is -4.41. The summed E-state index contributed by atoms with van der Waals surface area (Å²) in [5, 5.41) is 6.68. The number of benzene rings is 1. The number of alkyl halides is 3. The molecular formula is C16H14F3N5O. The molecule has 0 unspecified atom stereocenters. The van der Waals surface area contributed by atoms with E-state index in [1.807, 2.05) is 6.20 Å². The van der Waals surface area contributed by atoms with E-state index < -0.39 is 17.6 Å². The van der Waals surface area contributed by atoms with Gasteiger partial charge in [-0.2, -0.15) is 23.3 Å². The standard InChI is InChI=1S/C16H14F3N5O/c17-16(18,19)13-5-3-12(4-6-13)14(25)20-7-1-2-11-8-21-15-22-10-23-24(15)9-11/h3-6,8-10H,1-2,7H2,(H,20,25). The Kier molecular flexibility index (Phi) is 4.64. The van der Waals surface area contributed by atoms with E-state index in [9.17, 15) is 18.0 Å². The van der Waals surface area contributed by atoms with Crippen molar-refractivity contribution in [3.05, 3.63) is 59.7 Å². The first-order valence-corrected chi connectivity index (χ1v) is 7.53. The molecule has 9 heteroatoms. The van der Waals surface area contributed by atoms with Gasteiger partial charge in [-0.15, -0.1) is 0 Å². The maximum Gasteiger partial charge on any atom is 0.416 e. The number of hydrogen-bond donors (Lipinski definition) is 1. The summed E-state index contributed by atoms with van der Waals surface area (Å²) < 4.78 is 39.0. The lowest BCUT2D eigenvalue weighted by Crippen LogP contribution is -2.24. The van der Waals surface area contributed by atoms with Gasteiger partial charge in [-0.3, -0.25) is 4.79 Å². The lowest BCUT2D eigenvalue weighted by atomic mass is 10.1. The topological polar surface area (TPSA) is 72.2 Å². The Morgan fingerprint density at radius 2 is 1.92 bits per heavy atom. The van der Waals surface area contributed by atoms with Gasteiger partial charge in [-0.1, -0.05) is 0 Å². The van der Waals surface area contributed by atoms with Crippen molar-refractivity contribution in [2.45, 2.75) is 19.0 Å². The Labute approximate surface area is 140 Å². The zero-order chi connectivity index (χ0) is 17.9. The summed E-state index contributed by atoms with van der Waals surface area (Å²) in [7, 11) is 0. The van der Waals surface area contributed by atoms with E-state index in [0.717, 1.165) is 17.7 Å². The van der Waals surface area contributed by atoms with Crippen molar-refractivity contribution in [3.63, 3.8) is 0 Å². The van der Waals surface area contributed by atoms with Gasteiger partial charge >= 0.3 is 6.18 Å². The molecule has 0 aliphatic carbocycles. The number of rotatable bonds is 5. The molecule has 1 N–H and O–H groups in total. The summed E-state index contributed by atoms with van der Waals surface area (Å²) in [6, 6.07) is 4.13. The van der Waals surface area contributed by atoms with Crippen LogP contribution >= 0.6 is 0 Å². The molecule has 0 bridgehead atoms. The first-order chi connectivity index (χ1) is 11.9. The van der Waals surface area contributed by atoms with Gasteiger partial charge in [0, 0.05) is 24.5 Å². The lowest BCUT2D eigenvalue weighted by molar-refractivity contribution is -0.137. The number of carbonyl (C=O) groups is 1. The molecular weight excluding hydrogens is 335 g/mol. The Morgan fingerprint density at radius 3 is 2.64 bits per heavy atom. The van der Waals surface area contributed by atoms with E-state index in [1.54, 1.807) is 10.7 Å². The third-order valence-electron chi connectivity index (χ3n) is 3.59. The lowest BCUT2D eigenvalue weighted by Gasteiger charge is -2.08. The second-order valence-electron chi connectivity index (χ2n) is 5.40. The summed E-state index contributed by atoms with van der Waals surface area (Å²) in [4.78, 5) is 20.0. The van der Waals surface area contributed by atoms with E-state index in [1.165, 1.54) is 18.5 Å². The highest BCUT2D eigenvalue weighted by atomic mass is 19.4. The second kappa shape index (κ2) is 6.88. The van der Waals surface area contributed by atoms with E-state index in [2.05, 4.69) is 20.4 Å². The van der Waals surface area contributed by atoms with Crippen molar-refractivity contribution in [1.82, 2.24) is 24.9 Å². The Balaban J connectivity index is 1.49. The number of aryl methyl sites for hydroxylation is 1. The number of hydrogen-bond acceptors (Lipinski definition) is 4. The van der Waals surface area contributed by atoms with Crippen LogP contribution in [0.15, 0.2) is 43.0 Å². The maximum atomic E-state index is 12.5. The molecule has 3 rings (SSSR count). The minimum Gasteiger partial charge on any atom is -0.352 e. The number of aromatic nitrogens is 4. The molecule has 1 amide bonds. The van der Waals surface area contributed by atoms with Gasteiger partial charge in [0.15, 0.2) is 0 Å². The molecule has 0 spiro atoms. The minimum absolute atomic E-state index is 0.193. The van der Waals surface area contributed by atoms with Crippen LogP contribution in [0.5, 0.6) is 0 Å². The summed E-state index contributed by atoms with van der Waals surface area (Å²) >= 11 is 0. The molecule has 1 aromatic carbocycles. The Bertz CT molecular complexity index is 873. The van der Waals surface area contributed by atoms with Crippen LogP contribution in [0.3, 0.4) is 0 Å². The smallest absolute Gasteiger partial charge is 0.352 e. The van der Waals surface area contributed by atoms with Gasteiger partial charge in [0.2, 0.25) is 0 Å². The summed E-state index contributed by atoms with van der Waals surface area (Å²) in [5.74, 6) is 0.109. The second-order valence-corrected chi connectivity index (χ2v) is 5.40. The zero-order valence-electron chi connectivity index (χ0n) is 13.0. The predicted octanol–water partition coefficient (Wildman–Crippen LogP) is 2.51. The fourth-order valence-electron chi connectivity index (χ4n) is 2.29. The zero-order valence-corrected chi connectivity index (χ0v) is 13.0. The maximum absolute atomic E-state index is 12.5. The molecule has 2 heterocycles. The fraction of sp³-hybridized carbons (Fsp3) is 0.250. The van der Waals surface area contributed by atoms with Gasteiger partial charge in [0.25, 0.3) is 11.7 Å². The van der Waals surface area contributed by atoms with Gasteiger partial charge in [-0.05, 0) is 42.7 Å². The van der Waals surface area contributed by atoms with Crippen molar-refractivity contribution >= 4 is 11.7 Å². The van der Waals surface area contributed by atoms with Crippen LogP contribution in [0, 0.1) is 0 Å². The summed E-state index contributed by atoms with van der Waals surface area (Å²) in [6.45, 7) is 0.398. The van der Waals surface area contributed by atoms with E-state index in [4.69, 9.17) is 0 Å². The molecule has 0 fully saturated rings. The van der Waals surface area contributed by atoms with Crippen molar-refractivity contribution in [3.8, 4) is 0 Å². The quantitative estimate of drug-likeness (QED) is 0.719.